The van der Waals surface area contributed by atoms with E-state index in [2.05, 4.69) is 0 Å². The van der Waals surface area contributed by atoms with Crippen LogP contribution in [0, 0.1) is 11.3 Å². The first-order chi connectivity index (χ1) is 7.97. The highest BCUT2D eigenvalue weighted by Gasteiger charge is 2.22. The largest absolute Gasteiger partial charge is 0.243 e. The van der Waals surface area contributed by atoms with Gasteiger partial charge in [0.15, 0.2) is 0 Å². The zero-order valence-electron chi connectivity index (χ0n) is 9.64. The Labute approximate surface area is 106 Å². The van der Waals surface area contributed by atoms with Crippen molar-refractivity contribution in [1.82, 2.24) is 4.31 Å². The molecule has 1 rings (SSSR count). The molecular weight excluding hydrogens is 260 g/mol. The summed E-state index contributed by atoms with van der Waals surface area (Å²) >= 11 is 5.82. The predicted molar refractivity (Wildman–Crippen MR) is 66.3 cm³/mol. The zero-order chi connectivity index (χ0) is 13.1. The van der Waals surface area contributed by atoms with Crippen LogP contribution in [0.4, 0.5) is 0 Å². The fourth-order valence-corrected chi connectivity index (χ4v) is 3.23. The average Bonchev–Trinajstić information content (AvgIpc) is 2.30. The number of halogens is 1. The van der Waals surface area contributed by atoms with Crippen LogP contribution in [0.5, 0.6) is 0 Å². The molecule has 0 bridgehead atoms. The highest BCUT2D eigenvalue weighted by atomic mass is 35.5. The fourth-order valence-electron chi connectivity index (χ4n) is 1.46. The third kappa shape index (κ3) is 2.78. The van der Waals surface area contributed by atoms with Crippen molar-refractivity contribution in [3.05, 3.63) is 28.8 Å². The van der Waals surface area contributed by atoms with Crippen LogP contribution >= 0.6 is 11.6 Å². The summed E-state index contributed by atoms with van der Waals surface area (Å²) < 4.78 is 25.6. The first-order valence-electron chi connectivity index (χ1n) is 5.17. The second-order valence-electron chi connectivity index (χ2n) is 3.34. The van der Waals surface area contributed by atoms with E-state index in [1.807, 2.05) is 6.07 Å². The smallest absolute Gasteiger partial charge is 0.207 e. The van der Waals surface area contributed by atoms with Crippen LogP contribution in [0.25, 0.3) is 0 Å². The van der Waals surface area contributed by atoms with Crippen LogP contribution in [0.15, 0.2) is 23.1 Å². The van der Waals surface area contributed by atoms with Gasteiger partial charge in [0, 0.05) is 13.1 Å². The van der Waals surface area contributed by atoms with Crippen LogP contribution in [0.1, 0.15) is 19.4 Å². The monoisotopic (exact) mass is 272 g/mol. The molecule has 0 atom stereocenters. The van der Waals surface area contributed by atoms with E-state index in [-0.39, 0.29) is 15.5 Å². The first-order valence-corrected chi connectivity index (χ1v) is 6.99. The fraction of sp³-hybridized carbons (Fsp3) is 0.364. The molecule has 0 spiro atoms. The van der Waals surface area contributed by atoms with Crippen LogP contribution in [0.2, 0.25) is 5.02 Å². The van der Waals surface area contributed by atoms with Crippen molar-refractivity contribution in [2.75, 3.05) is 13.1 Å². The Balaban J connectivity index is 3.26. The second kappa shape index (κ2) is 5.50. The van der Waals surface area contributed by atoms with Crippen LogP contribution in [-0.4, -0.2) is 25.8 Å². The number of sulfonamides is 1. The lowest BCUT2D eigenvalue weighted by Gasteiger charge is -2.18. The minimum absolute atomic E-state index is 0.116. The number of benzene rings is 1. The summed E-state index contributed by atoms with van der Waals surface area (Å²) in [6.45, 7) is 4.34. The van der Waals surface area contributed by atoms with E-state index in [0.717, 1.165) is 0 Å². The highest BCUT2D eigenvalue weighted by Crippen LogP contribution is 2.22. The summed E-state index contributed by atoms with van der Waals surface area (Å²) in [4.78, 5) is 0.116. The Morgan fingerprint density at radius 2 is 1.94 bits per heavy atom. The van der Waals surface area contributed by atoms with Crippen molar-refractivity contribution in [2.24, 2.45) is 0 Å². The van der Waals surface area contributed by atoms with Crippen molar-refractivity contribution in [2.45, 2.75) is 18.7 Å². The average molecular weight is 273 g/mol. The molecule has 1 aromatic carbocycles. The second-order valence-corrected chi connectivity index (χ2v) is 5.69. The van der Waals surface area contributed by atoms with Crippen molar-refractivity contribution in [3.63, 3.8) is 0 Å². The Kier molecular flexibility index (Phi) is 4.52. The molecule has 0 radical (unpaired) electrons. The molecule has 92 valence electrons. The van der Waals surface area contributed by atoms with Crippen LogP contribution < -0.4 is 0 Å². The number of hydrogen-bond donors (Lipinski definition) is 0. The Bertz CT molecular complexity index is 545. The maximum atomic E-state index is 12.1. The molecule has 0 N–H and O–H groups in total. The van der Waals surface area contributed by atoms with Crippen LogP contribution in [0.3, 0.4) is 0 Å². The summed E-state index contributed by atoms with van der Waals surface area (Å²) in [6, 6.07) is 6.02. The lowest BCUT2D eigenvalue weighted by Crippen LogP contribution is -2.30. The van der Waals surface area contributed by atoms with E-state index in [1.54, 1.807) is 13.8 Å². The standard InChI is InChI=1S/C11H13ClN2O2S/c1-3-14(4-2)17(15,16)10-6-5-9(8-13)11(12)7-10/h5-7H,3-4H2,1-2H3. The molecule has 17 heavy (non-hydrogen) atoms. The van der Waals surface area contributed by atoms with E-state index in [1.165, 1.54) is 22.5 Å². The molecule has 0 unspecified atom stereocenters. The molecule has 0 aliphatic carbocycles. The van der Waals surface area contributed by atoms with Gasteiger partial charge >= 0.3 is 0 Å². The molecule has 0 saturated carbocycles. The van der Waals surface area contributed by atoms with Crippen molar-refractivity contribution in [1.29, 1.82) is 5.26 Å². The van der Waals surface area contributed by atoms with E-state index < -0.39 is 10.0 Å². The van der Waals surface area contributed by atoms with E-state index in [4.69, 9.17) is 16.9 Å². The molecule has 0 aliphatic heterocycles. The molecule has 4 nitrogen and oxygen atoms in total. The minimum Gasteiger partial charge on any atom is -0.207 e. The number of nitriles is 1. The quantitative estimate of drug-likeness (QED) is 0.844. The summed E-state index contributed by atoms with van der Waals surface area (Å²) in [5.74, 6) is 0. The molecule has 1 aromatic rings. The molecule has 0 amide bonds. The summed E-state index contributed by atoms with van der Waals surface area (Å²) in [7, 11) is -3.51. The summed E-state index contributed by atoms with van der Waals surface area (Å²) in [5.41, 5.74) is 0.269. The van der Waals surface area contributed by atoms with E-state index in [0.29, 0.717) is 13.1 Å². The first kappa shape index (κ1) is 14.0. The molecule has 0 aliphatic rings. The van der Waals surface area contributed by atoms with Gasteiger partial charge in [0.1, 0.15) is 6.07 Å². The van der Waals surface area contributed by atoms with Gasteiger partial charge in [-0.2, -0.15) is 9.57 Å². The number of rotatable bonds is 4. The van der Waals surface area contributed by atoms with E-state index in [9.17, 15) is 8.42 Å². The van der Waals surface area contributed by atoms with Gasteiger partial charge in [-0.05, 0) is 18.2 Å². The van der Waals surface area contributed by atoms with Gasteiger partial charge in [0.2, 0.25) is 10.0 Å². The number of nitrogens with zero attached hydrogens (tertiary/aromatic N) is 2. The van der Waals surface area contributed by atoms with Gasteiger partial charge in [-0.1, -0.05) is 25.4 Å². The Morgan fingerprint density at radius 1 is 1.35 bits per heavy atom. The Morgan fingerprint density at radius 3 is 2.35 bits per heavy atom. The molecule has 0 heterocycles. The van der Waals surface area contributed by atoms with Crippen molar-refractivity contribution < 1.29 is 8.42 Å². The normalized spacial score (nSPS) is 11.5. The topological polar surface area (TPSA) is 61.2 Å². The molecular formula is C11H13ClN2O2S. The highest BCUT2D eigenvalue weighted by molar-refractivity contribution is 7.89. The van der Waals surface area contributed by atoms with Gasteiger partial charge in [-0.3, -0.25) is 0 Å². The van der Waals surface area contributed by atoms with Crippen molar-refractivity contribution >= 4 is 21.6 Å². The number of hydrogen-bond acceptors (Lipinski definition) is 3. The van der Waals surface area contributed by atoms with Gasteiger partial charge < -0.3 is 0 Å². The molecule has 6 heteroatoms. The third-order valence-electron chi connectivity index (χ3n) is 2.40. The Hall–Kier alpha value is -1.09. The molecule has 0 aromatic heterocycles. The van der Waals surface area contributed by atoms with Gasteiger partial charge in [0.25, 0.3) is 0 Å². The molecule has 0 fully saturated rings. The molecule has 0 saturated heterocycles. The lowest BCUT2D eigenvalue weighted by molar-refractivity contribution is 0.445. The minimum atomic E-state index is -3.51. The van der Waals surface area contributed by atoms with Crippen molar-refractivity contribution in [3.8, 4) is 6.07 Å². The van der Waals surface area contributed by atoms with Gasteiger partial charge in [0.05, 0.1) is 15.5 Å². The van der Waals surface area contributed by atoms with Gasteiger partial charge in [-0.15, -0.1) is 0 Å². The zero-order valence-corrected chi connectivity index (χ0v) is 11.2. The van der Waals surface area contributed by atoms with E-state index >= 15 is 0 Å². The lowest BCUT2D eigenvalue weighted by atomic mass is 10.2. The van der Waals surface area contributed by atoms with Crippen LogP contribution in [-0.2, 0) is 10.0 Å². The summed E-state index contributed by atoms with van der Waals surface area (Å²) in [5, 5.41) is 8.87. The predicted octanol–water partition coefficient (Wildman–Crippen LogP) is 2.24. The maximum absolute atomic E-state index is 12.1. The SMILES string of the molecule is CCN(CC)S(=O)(=O)c1ccc(C#N)c(Cl)c1. The maximum Gasteiger partial charge on any atom is 0.243 e. The van der Waals surface area contributed by atoms with Gasteiger partial charge in [-0.25, -0.2) is 8.42 Å². The summed E-state index contributed by atoms with van der Waals surface area (Å²) in [6.07, 6.45) is 0. The third-order valence-corrected chi connectivity index (χ3v) is 4.76.